The second-order valence-corrected chi connectivity index (χ2v) is 10.4. The van der Waals surface area contributed by atoms with Crippen LogP contribution < -0.4 is 0 Å². The van der Waals surface area contributed by atoms with Gasteiger partial charge < -0.3 is 4.42 Å². The third kappa shape index (κ3) is 3.83. The number of benzene rings is 6. The molecule has 5 heteroatoms. The van der Waals surface area contributed by atoms with Crippen molar-refractivity contribution in [1.29, 1.82) is 0 Å². The Morgan fingerprint density at radius 2 is 1.18 bits per heavy atom. The van der Waals surface area contributed by atoms with Crippen molar-refractivity contribution >= 4 is 43.7 Å². The molecule has 0 aliphatic heterocycles. The molecule has 0 N–H and O–H groups in total. The van der Waals surface area contributed by atoms with Crippen LogP contribution in [0.3, 0.4) is 0 Å². The van der Waals surface area contributed by atoms with Crippen LogP contribution in [0.1, 0.15) is 8.22 Å². The van der Waals surface area contributed by atoms with Crippen LogP contribution in [0.25, 0.3) is 83.6 Å². The largest absolute Gasteiger partial charge is 0.456 e. The standard InChI is InChI=1S/C39H24N4O/c1-3-12-25(13-4-1)28-18-11-21-34-36(28)31-23-22-27(24-35(31)44-34)38-40-37(26-14-5-2-6-15-26)41-39(42-38)43-32-19-9-7-16-29(32)30-17-8-10-20-33(30)43/h1-24H/i7D,8D,16D,17D,19D,20D. The quantitative estimate of drug-likeness (QED) is 0.211. The van der Waals surface area contributed by atoms with Crippen LogP contribution in [-0.2, 0) is 0 Å². The maximum absolute atomic E-state index is 8.90. The number of para-hydroxylation sites is 2. The van der Waals surface area contributed by atoms with Crippen LogP contribution in [0.15, 0.2) is 150 Å². The van der Waals surface area contributed by atoms with Crippen LogP contribution >= 0.6 is 0 Å². The van der Waals surface area contributed by atoms with Crippen molar-refractivity contribution in [2.24, 2.45) is 0 Å². The summed E-state index contributed by atoms with van der Waals surface area (Å²) >= 11 is 0. The van der Waals surface area contributed by atoms with E-state index in [9.17, 15) is 0 Å². The van der Waals surface area contributed by atoms with Crippen molar-refractivity contribution in [1.82, 2.24) is 19.5 Å². The zero-order valence-electron chi connectivity index (χ0n) is 29.1. The summed E-state index contributed by atoms with van der Waals surface area (Å²) in [5, 5.41) is 2.19. The predicted molar refractivity (Wildman–Crippen MR) is 178 cm³/mol. The molecule has 6 aromatic carbocycles. The van der Waals surface area contributed by atoms with Crippen molar-refractivity contribution in [2.75, 3.05) is 0 Å². The average Bonchev–Trinajstić information content (AvgIpc) is 3.71. The minimum absolute atomic E-state index is 0.0705. The van der Waals surface area contributed by atoms with E-state index in [1.54, 1.807) is 0 Å². The van der Waals surface area contributed by atoms with E-state index in [0.29, 0.717) is 28.4 Å². The Bertz CT molecular complexity index is 2760. The molecule has 0 amide bonds. The summed E-state index contributed by atoms with van der Waals surface area (Å²) in [7, 11) is 0. The summed E-state index contributed by atoms with van der Waals surface area (Å²) in [4.78, 5) is 14.6. The Balaban J connectivity index is 1.34. The van der Waals surface area contributed by atoms with Gasteiger partial charge in [-0.25, -0.2) is 4.98 Å². The van der Waals surface area contributed by atoms with Crippen molar-refractivity contribution in [3.63, 3.8) is 0 Å². The van der Waals surface area contributed by atoms with Gasteiger partial charge in [0.15, 0.2) is 11.6 Å². The second-order valence-electron chi connectivity index (χ2n) is 10.4. The molecule has 9 rings (SSSR count). The summed E-state index contributed by atoms with van der Waals surface area (Å²) in [6.07, 6.45) is 0. The molecular weight excluding hydrogens is 540 g/mol. The average molecular weight is 571 g/mol. The van der Waals surface area contributed by atoms with Crippen LogP contribution in [0.4, 0.5) is 0 Å². The topological polar surface area (TPSA) is 56.7 Å². The van der Waals surface area contributed by atoms with E-state index in [4.69, 9.17) is 27.6 Å². The molecule has 44 heavy (non-hydrogen) atoms. The Hall–Kier alpha value is -6.07. The Labute approximate surface area is 261 Å². The highest BCUT2D eigenvalue weighted by Crippen LogP contribution is 2.38. The van der Waals surface area contributed by atoms with Crippen molar-refractivity contribution in [3.8, 4) is 39.9 Å². The zero-order valence-corrected chi connectivity index (χ0v) is 23.1. The number of fused-ring (bicyclic) bond motifs is 6. The number of hydrogen-bond donors (Lipinski definition) is 0. The monoisotopic (exact) mass is 570 g/mol. The first-order chi connectivity index (χ1) is 24.3. The molecule has 3 aromatic heterocycles. The van der Waals surface area contributed by atoms with E-state index < -0.39 is 0 Å². The van der Waals surface area contributed by atoms with Gasteiger partial charge in [0.05, 0.1) is 19.3 Å². The first-order valence-corrected chi connectivity index (χ1v) is 14.1. The minimum Gasteiger partial charge on any atom is -0.456 e. The molecule has 0 bridgehead atoms. The van der Waals surface area contributed by atoms with Gasteiger partial charge in [0.2, 0.25) is 5.95 Å². The lowest BCUT2D eigenvalue weighted by Gasteiger charge is -2.11. The van der Waals surface area contributed by atoms with Crippen molar-refractivity contribution in [3.05, 3.63) is 145 Å². The summed E-state index contributed by atoms with van der Waals surface area (Å²) in [5.41, 5.74) is 5.22. The van der Waals surface area contributed by atoms with Crippen LogP contribution in [0.5, 0.6) is 0 Å². The molecule has 3 heterocycles. The lowest BCUT2D eigenvalue weighted by molar-refractivity contribution is 0.669. The third-order valence-corrected chi connectivity index (χ3v) is 7.82. The molecule has 0 fully saturated rings. The Kier molecular flexibility index (Phi) is 4.25. The summed E-state index contributed by atoms with van der Waals surface area (Å²) in [6, 6.07) is 32.8. The van der Waals surface area contributed by atoms with E-state index in [1.165, 1.54) is 16.7 Å². The minimum atomic E-state index is -0.207. The second kappa shape index (κ2) is 9.75. The van der Waals surface area contributed by atoms with E-state index in [0.717, 1.165) is 27.5 Å². The van der Waals surface area contributed by atoms with Gasteiger partial charge in [0.1, 0.15) is 11.2 Å². The smallest absolute Gasteiger partial charge is 0.238 e. The Morgan fingerprint density at radius 1 is 0.523 bits per heavy atom. The van der Waals surface area contributed by atoms with Gasteiger partial charge in [0, 0.05) is 32.7 Å². The molecule has 0 aliphatic rings. The Morgan fingerprint density at radius 3 is 1.89 bits per heavy atom. The lowest BCUT2D eigenvalue weighted by Crippen LogP contribution is -2.06. The van der Waals surface area contributed by atoms with Gasteiger partial charge >= 0.3 is 0 Å². The number of furan rings is 1. The molecular formula is C39H24N4O. The highest BCUT2D eigenvalue weighted by Gasteiger charge is 2.19. The highest BCUT2D eigenvalue weighted by molar-refractivity contribution is 6.13. The van der Waals surface area contributed by atoms with Gasteiger partial charge in [0.25, 0.3) is 0 Å². The lowest BCUT2D eigenvalue weighted by atomic mass is 9.99. The number of rotatable bonds is 4. The normalized spacial score (nSPS) is 13.5. The number of aromatic nitrogens is 4. The summed E-state index contributed by atoms with van der Waals surface area (Å²) < 4.78 is 59.9. The maximum Gasteiger partial charge on any atom is 0.238 e. The zero-order chi connectivity index (χ0) is 34.3. The van der Waals surface area contributed by atoms with Crippen molar-refractivity contribution in [2.45, 2.75) is 0 Å². The van der Waals surface area contributed by atoms with Gasteiger partial charge in [-0.3, -0.25) is 4.57 Å². The summed E-state index contributed by atoms with van der Waals surface area (Å²) in [5.74, 6) is 0.710. The molecule has 9 aromatic rings. The molecule has 5 nitrogen and oxygen atoms in total. The molecule has 0 radical (unpaired) electrons. The molecule has 206 valence electrons. The fraction of sp³-hybridized carbons (Fsp3) is 0. The molecule has 0 atom stereocenters. The molecule has 0 spiro atoms. The predicted octanol–water partition coefficient (Wildman–Crippen LogP) is 9.87. The fourth-order valence-electron chi connectivity index (χ4n) is 5.85. The van der Waals surface area contributed by atoms with Crippen LogP contribution in [0, 0.1) is 0 Å². The van der Waals surface area contributed by atoms with E-state index in [-0.39, 0.29) is 64.0 Å². The van der Waals surface area contributed by atoms with E-state index >= 15 is 0 Å². The molecule has 0 saturated carbocycles. The van der Waals surface area contributed by atoms with Gasteiger partial charge in [-0.2, -0.15) is 9.97 Å². The van der Waals surface area contributed by atoms with Gasteiger partial charge in [-0.05, 0) is 41.4 Å². The molecule has 0 unspecified atom stereocenters. The number of nitrogens with zero attached hydrogens (tertiary/aromatic N) is 4. The number of hydrogen-bond acceptors (Lipinski definition) is 4. The van der Waals surface area contributed by atoms with Gasteiger partial charge in [-0.1, -0.05) is 115 Å². The maximum atomic E-state index is 8.90. The van der Waals surface area contributed by atoms with Gasteiger partial charge in [-0.15, -0.1) is 0 Å². The van der Waals surface area contributed by atoms with E-state index in [2.05, 4.69) is 18.2 Å². The first-order valence-electron chi connectivity index (χ1n) is 17.1. The third-order valence-electron chi connectivity index (χ3n) is 7.82. The van der Waals surface area contributed by atoms with E-state index in [1.807, 2.05) is 78.9 Å². The summed E-state index contributed by atoms with van der Waals surface area (Å²) in [6.45, 7) is 0. The SMILES string of the molecule is [2H]c1cc([2H])c2c(c1[2H])c1c([2H])c([2H])cc([2H])c1n2-c1nc(-c2ccccc2)nc(-c2ccc3c(c2)oc2cccc(-c4ccccc4)c23)n1. The highest BCUT2D eigenvalue weighted by atomic mass is 16.3. The van der Waals surface area contributed by atoms with Crippen LogP contribution in [-0.4, -0.2) is 19.5 Å². The first kappa shape index (κ1) is 19.2. The van der Waals surface area contributed by atoms with Crippen LogP contribution in [0.2, 0.25) is 0 Å². The fourth-order valence-corrected chi connectivity index (χ4v) is 5.85. The molecule has 0 aliphatic carbocycles. The molecule has 0 saturated heterocycles. The van der Waals surface area contributed by atoms with Crippen molar-refractivity contribution < 1.29 is 12.6 Å².